The Morgan fingerprint density at radius 2 is 1.74 bits per heavy atom. The number of hydrogen-bond donors (Lipinski definition) is 1. The van der Waals surface area contributed by atoms with E-state index < -0.39 is 15.8 Å². The summed E-state index contributed by atoms with van der Waals surface area (Å²) in [6, 6.07) is 8.75. The van der Waals surface area contributed by atoms with Crippen LogP contribution in [0.2, 0.25) is 0 Å². The lowest BCUT2D eigenvalue weighted by Crippen LogP contribution is -2.11. The summed E-state index contributed by atoms with van der Waals surface area (Å²) >= 11 is 0. The third kappa shape index (κ3) is 2.97. The van der Waals surface area contributed by atoms with Gasteiger partial charge in [0, 0.05) is 12.4 Å². The molecule has 0 saturated heterocycles. The Hall–Kier alpha value is -2.21. The molecule has 1 aromatic heterocycles. The van der Waals surface area contributed by atoms with E-state index in [1.54, 1.807) is 12.1 Å². The first kappa shape index (κ1) is 13.2. The third-order valence-corrected chi connectivity index (χ3v) is 4.30. The topological polar surface area (TPSA) is 84.3 Å². The molecule has 98 valence electrons. The average Bonchev–Trinajstić information content (AvgIpc) is 2.39. The Bertz CT molecular complexity index is 696. The predicted molar refractivity (Wildman–Crippen MR) is 68.5 cm³/mol. The fraction of sp³-hybridized carbons (Fsp3) is 0.0769. The van der Waals surface area contributed by atoms with E-state index in [1.807, 2.05) is 0 Å². The minimum absolute atomic E-state index is 0.167. The molecule has 2 aromatic rings. The van der Waals surface area contributed by atoms with Crippen molar-refractivity contribution < 1.29 is 18.3 Å². The van der Waals surface area contributed by atoms with Crippen molar-refractivity contribution in [1.82, 2.24) is 4.98 Å². The van der Waals surface area contributed by atoms with Gasteiger partial charge in [-0.1, -0.05) is 12.1 Å². The van der Waals surface area contributed by atoms with Crippen molar-refractivity contribution >= 4 is 15.8 Å². The maximum Gasteiger partial charge on any atom is 0.337 e. The van der Waals surface area contributed by atoms with Crippen molar-refractivity contribution in [3.63, 3.8) is 0 Å². The largest absolute Gasteiger partial charge is 0.478 e. The van der Waals surface area contributed by atoms with Crippen molar-refractivity contribution in [2.45, 2.75) is 10.6 Å². The highest BCUT2D eigenvalue weighted by atomic mass is 32.2. The second-order valence-electron chi connectivity index (χ2n) is 3.92. The lowest BCUT2D eigenvalue weighted by atomic mass is 10.2. The summed E-state index contributed by atoms with van der Waals surface area (Å²) in [5, 5.41) is 9.02. The van der Waals surface area contributed by atoms with Gasteiger partial charge in [-0.3, -0.25) is 4.98 Å². The maximum atomic E-state index is 12.2. The molecule has 0 amide bonds. The van der Waals surface area contributed by atoms with Gasteiger partial charge < -0.3 is 5.11 Å². The van der Waals surface area contributed by atoms with E-state index in [0.29, 0.717) is 5.56 Å². The fourth-order valence-corrected chi connectivity index (χ4v) is 3.25. The van der Waals surface area contributed by atoms with Crippen LogP contribution >= 0.6 is 0 Å². The monoisotopic (exact) mass is 277 g/mol. The number of sulfone groups is 1. The molecule has 2 rings (SSSR count). The summed E-state index contributed by atoms with van der Waals surface area (Å²) in [7, 11) is -3.70. The van der Waals surface area contributed by atoms with Gasteiger partial charge in [0.2, 0.25) is 0 Å². The summed E-state index contributed by atoms with van der Waals surface area (Å²) in [6.45, 7) is 0. The van der Waals surface area contributed by atoms with Crippen LogP contribution in [0, 0.1) is 0 Å². The molecule has 0 fully saturated rings. The Labute approximate surface area is 110 Å². The van der Waals surface area contributed by atoms with E-state index in [4.69, 9.17) is 5.11 Å². The highest BCUT2D eigenvalue weighted by Crippen LogP contribution is 2.20. The number of pyridine rings is 1. The molecule has 1 aromatic carbocycles. The minimum atomic E-state index is -3.70. The molecule has 0 unspecified atom stereocenters. The van der Waals surface area contributed by atoms with Gasteiger partial charge in [-0.25, -0.2) is 13.2 Å². The smallest absolute Gasteiger partial charge is 0.337 e. The van der Waals surface area contributed by atoms with Gasteiger partial charge in [0.1, 0.15) is 0 Å². The molecule has 0 spiro atoms. The molecule has 19 heavy (non-hydrogen) atoms. The van der Waals surface area contributed by atoms with Crippen LogP contribution in [0.4, 0.5) is 0 Å². The number of carboxylic acid groups (broad SMARTS) is 1. The summed E-state index contributed by atoms with van der Waals surface area (Å²) in [5.74, 6) is -1.51. The van der Waals surface area contributed by atoms with Gasteiger partial charge in [-0.15, -0.1) is 0 Å². The number of aromatic carboxylic acids is 1. The molecular formula is C13H11NO4S. The van der Waals surface area contributed by atoms with Gasteiger partial charge in [0.05, 0.1) is 16.2 Å². The second-order valence-corrected chi connectivity index (χ2v) is 5.87. The van der Waals surface area contributed by atoms with Crippen LogP contribution in [0.25, 0.3) is 0 Å². The van der Waals surface area contributed by atoms with Crippen molar-refractivity contribution in [1.29, 1.82) is 0 Å². The molecule has 6 heteroatoms. The van der Waals surface area contributed by atoms with Gasteiger partial charge >= 0.3 is 5.97 Å². The lowest BCUT2D eigenvalue weighted by molar-refractivity contribution is 0.0692. The highest BCUT2D eigenvalue weighted by Gasteiger charge is 2.22. The van der Waals surface area contributed by atoms with Crippen molar-refractivity contribution in [3.8, 4) is 0 Å². The van der Waals surface area contributed by atoms with Crippen LogP contribution in [0.1, 0.15) is 15.9 Å². The first-order chi connectivity index (χ1) is 9.00. The first-order valence-electron chi connectivity index (χ1n) is 5.45. The zero-order valence-corrected chi connectivity index (χ0v) is 10.7. The minimum Gasteiger partial charge on any atom is -0.478 e. The number of hydrogen-bond acceptors (Lipinski definition) is 4. The summed E-state index contributed by atoms with van der Waals surface area (Å²) in [6.07, 6.45) is 2.99. The summed E-state index contributed by atoms with van der Waals surface area (Å²) < 4.78 is 24.5. The van der Waals surface area contributed by atoms with Crippen molar-refractivity contribution in [3.05, 3.63) is 59.9 Å². The predicted octanol–water partition coefficient (Wildman–Crippen LogP) is 1.75. The van der Waals surface area contributed by atoms with Crippen LogP contribution in [-0.2, 0) is 15.6 Å². The first-order valence-corrected chi connectivity index (χ1v) is 7.10. The number of carboxylic acids is 1. The molecule has 0 aliphatic carbocycles. The molecular weight excluding hydrogens is 266 g/mol. The van der Waals surface area contributed by atoms with Crippen LogP contribution < -0.4 is 0 Å². The number of carbonyl (C=O) groups is 1. The van der Waals surface area contributed by atoms with Gasteiger partial charge in [0.25, 0.3) is 0 Å². The van der Waals surface area contributed by atoms with Crippen LogP contribution in [-0.4, -0.2) is 24.5 Å². The Morgan fingerprint density at radius 1 is 1.11 bits per heavy atom. The van der Waals surface area contributed by atoms with Crippen LogP contribution in [0.15, 0.2) is 53.7 Å². The number of aromatic nitrogens is 1. The number of rotatable bonds is 4. The molecule has 1 N–H and O–H groups in total. The maximum absolute atomic E-state index is 12.2. The van der Waals surface area contributed by atoms with E-state index in [9.17, 15) is 13.2 Å². The molecule has 0 atom stereocenters. The van der Waals surface area contributed by atoms with Crippen molar-refractivity contribution in [2.75, 3.05) is 0 Å². The van der Waals surface area contributed by atoms with Crippen LogP contribution in [0.3, 0.4) is 0 Å². The number of nitrogens with zero attached hydrogens (tertiary/aromatic N) is 1. The molecule has 0 aliphatic rings. The zero-order valence-electron chi connectivity index (χ0n) is 9.85. The highest BCUT2D eigenvalue weighted by molar-refractivity contribution is 7.90. The van der Waals surface area contributed by atoms with E-state index in [-0.39, 0.29) is 16.2 Å². The van der Waals surface area contributed by atoms with Gasteiger partial charge in [-0.05, 0) is 29.8 Å². The standard InChI is InChI=1S/C13H11NO4S/c15-13(16)11-3-1-2-4-12(11)19(17,18)9-10-5-7-14-8-6-10/h1-8H,9H2,(H,15,16). The average molecular weight is 277 g/mol. The normalized spacial score (nSPS) is 11.2. The second kappa shape index (κ2) is 5.19. The van der Waals surface area contributed by atoms with E-state index in [0.717, 1.165) is 0 Å². The zero-order chi connectivity index (χ0) is 13.9. The third-order valence-electron chi connectivity index (χ3n) is 2.56. The summed E-state index contributed by atoms with van der Waals surface area (Å²) in [5.41, 5.74) is 0.353. The Kier molecular flexibility index (Phi) is 3.62. The Morgan fingerprint density at radius 3 is 2.37 bits per heavy atom. The molecule has 0 aliphatic heterocycles. The molecule has 0 bridgehead atoms. The van der Waals surface area contributed by atoms with E-state index in [2.05, 4.69) is 4.98 Å². The van der Waals surface area contributed by atoms with E-state index in [1.165, 1.54) is 36.7 Å². The van der Waals surface area contributed by atoms with Crippen molar-refractivity contribution in [2.24, 2.45) is 0 Å². The molecule has 1 heterocycles. The number of benzene rings is 1. The molecule has 0 saturated carbocycles. The van der Waals surface area contributed by atoms with E-state index >= 15 is 0 Å². The van der Waals surface area contributed by atoms with Crippen LogP contribution in [0.5, 0.6) is 0 Å². The lowest BCUT2D eigenvalue weighted by Gasteiger charge is -2.07. The Balaban J connectivity index is 2.43. The van der Waals surface area contributed by atoms with Gasteiger partial charge in [-0.2, -0.15) is 0 Å². The van der Waals surface area contributed by atoms with Gasteiger partial charge in [0.15, 0.2) is 9.84 Å². The summed E-state index contributed by atoms with van der Waals surface area (Å²) in [4.78, 5) is 14.7. The molecule has 0 radical (unpaired) electrons. The fourth-order valence-electron chi connectivity index (χ4n) is 1.69. The quantitative estimate of drug-likeness (QED) is 0.920. The molecule has 5 nitrogen and oxygen atoms in total. The SMILES string of the molecule is O=C(O)c1ccccc1S(=O)(=O)Cc1ccncc1.